The number of H-pyrrole nitrogens is 1. The van der Waals surface area contributed by atoms with Crippen molar-refractivity contribution in [1.82, 2.24) is 9.97 Å². The summed E-state index contributed by atoms with van der Waals surface area (Å²) in [6.45, 7) is 1.36. The van der Waals surface area contributed by atoms with Crippen LogP contribution < -0.4 is 10.5 Å². The van der Waals surface area contributed by atoms with Gasteiger partial charge in [0.05, 0.1) is 5.56 Å². The number of hydrogen-bond acceptors (Lipinski definition) is 4. The molecule has 1 heterocycles. The lowest BCUT2D eigenvalue weighted by molar-refractivity contribution is -0.140. The first-order valence-corrected chi connectivity index (χ1v) is 7.78. The molecule has 0 fully saturated rings. The van der Waals surface area contributed by atoms with Crippen LogP contribution in [0, 0.1) is 11.6 Å². The van der Waals surface area contributed by atoms with Crippen molar-refractivity contribution in [3.05, 3.63) is 57.0 Å². The average Bonchev–Trinajstić information content (AvgIpc) is 2.55. The predicted octanol–water partition coefficient (Wildman–Crippen LogP) is 3.51. The SMILES string of the molecule is C[C@@H](CC(=O)c1cc(=O)[nH]c(N(C)C)n1)c1ccc(C(F)(F)F)c(F)c1F. The minimum Gasteiger partial charge on any atom is -0.348 e. The van der Waals surface area contributed by atoms with Gasteiger partial charge in [0.25, 0.3) is 5.56 Å². The van der Waals surface area contributed by atoms with Gasteiger partial charge in [0, 0.05) is 26.6 Å². The Bertz CT molecular complexity index is 922. The lowest BCUT2D eigenvalue weighted by Gasteiger charge is -2.16. The van der Waals surface area contributed by atoms with E-state index >= 15 is 0 Å². The first-order valence-electron chi connectivity index (χ1n) is 7.78. The first kappa shape index (κ1) is 20.5. The zero-order chi connectivity index (χ0) is 20.5. The van der Waals surface area contributed by atoms with Gasteiger partial charge < -0.3 is 4.90 Å². The molecule has 5 nitrogen and oxygen atoms in total. The van der Waals surface area contributed by atoms with Gasteiger partial charge in [-0.2, -0.15) is 13.2 Å². The molecule has 1 N–H and O–H groups in total. The van der Waals surface area contributed by atoms with E-state index in [-0.39, 0.29) is 23.6 Å². The molecular formula is C17H16F5N3O2. The summed E-state index contributed by atoms with van der Waals surface area (Å²) < 4.78 is 65.7. The van der Waals surface area contributed by atoms with Crippen molar-refractivity contribution >= 4 is 11.7 Å². The van der Waals surface area contributed by atoms with Crippen molar-refractivity contribution in [2.24, 2.45) is 0 Å². The molecule has 1 atom stereocenters. The van der Waals surface area contributed by atoms with Crippen LogP contribution in [0.2, 0.25) is 0 Å². The van der Waals surface area contributed by atoms with E-state index in [1.54, 1.807) is 14.1 Å². The van der Waals surface area contributed by atoms with Crippen LogP contribution in [0.15, 0.2) is 23.0 Å². The van der Waals surface area contributed by atoms with Crippen LogP contribution in [0.4, 0.5) is 27.9 Å². The molecule has 2 aromatic rings. The number of rotatable bonds is 5. The molecule has 0 spiro atoms. The number of hydrogen-bond donors (Lipinski definition) is 1. The predicted molar refractivity (Wildman–Crippen MR) is 87.9 cm³/mol. The zero-order valence-corrected chi connectivity index (χ0v) is 14.6. The fourth-order valence-electron chi connectivity index (χ4n) is 2.46. The summed E-state index contributed by atoms with van der Waals surface area (Å²) in [6, 6.07) is 2.20. The van der Waals surface area contributed by atoms with Gasteiger partial charge >= 0.3 is 6.18 Å². The van der Waals surface area contributed by atoms with E-state index < -0.39 is 40.6 Å². The Kier molecular flexibility index (Phi) is 5.67. The molecule has 0 aliphatic rings. The van der Waals surface area contributed by atoms with Crippen molar-refractivity contribution in [3.8, 4) is 0 Å². The quantitative estimate of drug-likeness (QED) is 0.628. The van der Waals surface area contributed by atoms with Crippen molar-refractivity contribution in [3.63, 3.8) is 0 Å². The van der Waals surface area contributed by atoms with Crippen LogP contribution >= 0.6 is 0 Å². The third-order valence-electron chi connectivity index (χ3n) is 3.88. The summed E-state index contributed by atoms with van der Waals surface area (Å²) in [5.41, 5.74) is -2.83. The van der Waals surface area contributed by atoms with Crippen LogP contribution in [-0.2, 0) is 6.18 Å². The average molecular weight is 389 g/mol. The molecule has 1 aromatic carbocycles. The number of alkyl halides is 3. The van der Waals surface area contributed by atoms with Gasteiger partial charge in [0.15, 0.2) is 17.4 Å². The number of ketones is 1. The van der Waals surface area contributed by atoms with Crippen LogP contribution in [0.5, 0.6) is 0 Å². The van der Waals surface area contributed by atoms with Crippen LogP contribution in [0.1, 0.15) is 40.9 Å². The molecule has 0 aliphatic carbocycles. The Balaban J connectivity index is 2.30. The number of benzene rings is 1. The zero-order valence-electron chi connectivity index (χ0n) is 14.6. The lowest BCUT2D eigenvalue weighted by atomic mass is 9.93. The highest BCUT2D eigenvalue weighted by Crippen LogP contribution is 2.35. The largest absolute Gasteiger partial charge is 0.419 e. The van der Waals surface area contributed by atoms with Gasteiger partial charge in [0.1, 0.15) is 5.69 Å². The number of aromatic amines is 1. The maximum absolute atomic E-state index is 14.1. The highest BCUT2D eigenvalue weighted by molar-refractivity contribution is 5.94. The first-order chi connectivity index (χ1) is 12.4. The number of halogens is 5. The van der Waals surface area contributed by atoms with Crippen LogP contribution in [0.25, 0.3) is 0 Å². The van der Waals surface area contributed by atoms with Gasteiger partial charge in [-0.1, -0.05) is 13.0 Å². The Morgan fingerprint density at radius 2 is 1.85 bits per heavy atom. The van der Waals surface area contributed by atoms with Crippen LogP contribution in [0.3, 0.4) is 0 Å². The standard InChI is InChI=1S/C17H16F5N3O2/c1-8(9-4-5-10(17(20,21)22)15(19)14(9)18)6-12(26)11-7-13(27)24-16(23-11)25(2)3/h4-5,7-8H,6H2,1-3H3,(H,23,24,27)/t8-/m0/s1. The van der Waals surface area contributed by atoms with Crippen LogP contribution in [-0.4, -0.2) is 29.8 Å². The summed E-state index contributed by atoms with van der Waals surface area (Å²) in [7, 11) is 3.19. The summed E-state index contributed by atoms with van der Waals surface area (Å²) in [5, 5.41) is 0. The Morgan fingerprint density at radius 3 is 2.41 bits per heavy atom. The molecule has 0 saturated heterocycles. The van der Waals surface area contributed by atoms with E-state index in [0.717, 1.165) is 12.1 Å². The third kappa shape index (κ3) is 4.50. The highest BCUT2D eigenvalue weighted by Gasteiger charge is 2.36. The number of nitrogens with zero attached hydrogens (tertiary/aromatic N) is 2. The molecule has 0 amide bonds. The topological polar surface area (TPSA) is 66.1 Å². The Labute approximate surface area is 150 Å². The molecule has 0 aliphatic heterocycles. The van der Waals surface area contributed by atoms with Crippen molar-refractivity contribution in [2.45, 2.75) is 25.4 Å². The number of anilines is 1. The minimum absolute atomic E-state index is 0.130. The highest BCUT2D eigenvalue weighted by atomic mass is 19.4. The van der Waals surface area contributed by atoms with Crippen molar-refractivity contribution in [2.75, 3.05) is 19.0 Å². The molecule has 146 valence electrons. The Morgan fingerprint density at radius 1 is 1.22 bits per heavy atom. The fourth-order valence-corrected chi connectivity index (χ4v) is 2.46. The Hall–Kier alpha value is -2.78. The second-order valence-corrected chi connectivity index (χ2v) is 6.21. The van der Waals surface area contributed by atoms with E-state index in [1.807, 2.05) is 0 Å². The molecule has 0 bridgehead atoms. The maximum atomic E-state index is 14.1. The number of carbonyl (C=O) groups is 1. The van der Waals surface area contributed by atoms with Gasteiger partial charge in [-0.15, -0.1) is 0 Å². The molecular weight excluding hydrogens is 373 g/mol. The normalized spacial score (nSPS) is 12.7. The van der Waals surface area contributed by atoms with E-state index in [9.17, 15) is 31.5 Å². The molecule has 0 radical (unpaired) electrons. The fraction of sp³-hybridized carbons (Fsp3) is 0.353. The molecule has 1 aromatic heterocycles. The van der Waals surface area contributed by atoms with E-state index in [0.29, 0.717) is 6.07 Å². The van der Waals surface area contributed by atoms with E-state index in [2.05, 4.69) is 9.97 Å². The minimum atomic E-state index is -5.03. The second kappa shape index (κ2) is 7.45. The number of carbonyl (C=O) groups excluding carboxylic acids is 1. The van der Waals surface area contributed by atoms with E-state index in [1.165, 1.54) is 11.8 Å². The molecule has 27 heavy (non-hydrogen) atoms. The summed E-state index contributed by atoms with van der Waals surface area (Å²) in [5.74, 6) is -5.10. The second-order valence-electron chi connectivity index (χ2n) is 6.21. The van der Waals surface area contributed by atoms with Gasteiger partial charge in [0.2, 0.25) is 5.95 Å². The summed E-state index contributed by atoms with van der Waals surface area (Å²) in [6.07, 6.45) is -5.40. The number of Topliss-reactive ketones (excluding diaryl/α,β-unsaturated/α-hetero) is 1. The summed E-state index contributed by atoms with van der Waals surface area (Å²) in [4.78, 5) is 31.8. The van der Waals surface area contributed by atoms with E-state index in [4.69, 9.17) is 0 Å². The van der Waals surface area contributed by atoms with Gasteiger partial charge in [-0.25, -0.2) is 13.8 Å². The smallest absolute Gasteiger partial charge is 0.348 e. The van der Waals surface area contributed by atoms with Crippen molar-refractivity contribution in [1.29, 1.82) is 0 Å². The van der Waals surface area contributed by atoms with Gasteiger partial charge in [-0.05, 0) is 17.5 Å². The molecule has 0 saturated carbocycles. The molecule has 0 unspecified atom stereocenters. The number of nitrogens with one attached hydrogen (secondary N) is 1. The molecule has 2 rings (SSSR count). The van der Waals surface area contributed by atoms with Crippen molar-refractivity contribution < 1.29 is 26.7 Å². The third-order valence-corrected chi connectivity index (χ3v) is 3.88. The number of aromatic nitrogens is 2. The molecule has 10 heteroatoms. The maximum Gasteiger partial charge on any atom is 0.419 e. The summed E-state index contributed by atoms with van der Waals surface area (Å²) >= 11 is 0. The monoisotopic (exact) mass is 389 g/mol. The lowest BCUT2D eigenvalue weighted by Crippen LogP contribution is -2.21. The van der Waals surface area contributed by atoms with Gasteiger partial charge in [-0.3, -0.25) is 14.6 Å².